The number of hydrogen-bond acceptors (Lipinski definition) is 5. The van der Waals surface area contributed by atoms with Crippen molar-refractivity contribution < 1.29 is 15.0 Å². The molecule has 7 nitrogen and oxygen atoms in total. The lowest BCUT2D eigenvalue weighted by molar-refractivity contribution is -0.132. The Morgan fingerprint density at radius 2 is 2.05 bits per heavy atom. The van der Waals surface area contributed by atoms with Gasteiger partial charge in [0.1, 0.15) is 23.8 Å². The van der Waals surface area contributed by atoms with Crippen LogP contribution in [0.15, 0.2) is 42.4 Å². The van der Waals surface area contributed by atoms with Crippen LogP contribution >= 0.6 is 0 Å². The Labute approximate surface area is 107 Å². The van der Waals surface area contributed by atoms with Gasteiger partial charge in [0.2, 0.25) is 5.95 Å². The summed E-state index contributed by atoms with van der Waals surface area (Å²) in [6, 6.07) is 6.15. The lowest BCUT2D eigenvalue weighted by Gasteiger charge is -2.22. The van der Waals surface area contributed by atoms with Crippen molar-refractivity contribution in [3.8, 4) is 5.75 Å². The van der Waals surface area contributed by atoms with Gasteiger partial charge in [-0.15, -0.1) is 0 Å². The second kappa shape index (κ2) is 4.13. The summed E-state index contributed by atoms with van der Waals surface area (Å²) in [5, 5.41) is 25.1. The van der Waals surface area contributed by atoms with E-state index in [-0.39, 0.29) is 17.5 Å². The number of fused-ring (bicyclic) bond motifs is 1. The first kappa shape index (κ1) is 11.3. The molecule has 0 fully saturated rings. The van der Waals surface area contributed by atoms with Gasteiger partial charge < -0.3 is 15.5 Å². The van der Waals surface area contributed by atoms with Crippen LogP contribution in [0.2, 0.25) is 0 Å². The minimum absolute atomic E-state index is 0.0542. The van der Waals surface area contributed by atoms with Gasteiger partial charge >= 0.3 is 5.97 Å². The van der Waals surface area contributed by atoms with Crippen molar-refractivity contribution in [2.45, 2.75) is 6.04 Å². The number of nitrogens with one attached hydrogen (secondary N) is 1. The Balaban J connectivity index is 2.09. The molecule has 0 aliphatic carbocycles. The number of carbonyl (C=O) groups is 1. The van der Waals surface area contributed by atoms with Crippen molar-refractivity contribution >= 4 is 11.9 Å². The average Bonchev–Trinajstić information content (AvgIpc) is 2.86. The van der Waals surface area contributed by atoms with E-state index in [1.165, 1.54) is 6.33 Å². The predicted octanol–water partition coefficient (Wildman–Crippen LogP) is 0.967. The van der Waals surface area contributed by atoms with Gasteiger partial charge in [-0.25, -0.2) is 9.48 Å². The van der Waals surface area contributed by atoms with Crippen molar-refractivity contribution in [1.29, 1.82) is 0 Å². The van der Waals surface area contributed by atoms with E-state index in [2.05, 4.69) is 15.4 Å². The maximum absolute atomic E-state index is 11.1. The first-order valence-corrected chi connectivity index (χ1v) is 5.56. The number of nitrogens with zero attached hydrogens (tertiary/aromatic N) is 3. The van der Waals surface area contributed by atoms with Crippen molar-refractivity contribution in [3.63, 3.8) is 0 Å². The van der Waals surface area contributed by atoms with Crippen LogP contribution in [0.1, 0.15) is 11.6 Å². The largest absolute Gasteiger partial charge is 0.508 e. The van der Waals surface area contributed by atoms with Crippen LogP contribution in [0.25, 0.3) is 0 Å². The van der Waals surface area contributed by atoms with E-state index < -0.39 is 5.97 Å². The summed E-state index contributed by atoms with van der Waals surface area (Å²) >= 11 is 0. The third-order valence-electron chi connectivity index (χ3n) is 2.87. The van der Waals surface area contributed by atoms with Crippen molar-refractivity contribution in [2.24, 2.45) is 0 Å². The predicted molar refractivity (Wildman–Crippen MR) is 65.6 cm³/mol. The van der Waals surface area contributed by atoms with Crippen LogP contribution in [0, 0.1) is 0 Å². The van der Waals surface area contributed by atoms with Gasteiger partial charge in [-0.3, -0.25) is 0 Å². The topological polar surface area (TPSA) is 100 Å². The molecule has 1 aliphatic rings. The fraction of sp³-hybridized carbons (Fsp3) is 0.0833. The highest BCUT2D eigenvalue weighted by Gasteiger charge is 2.25. The zero-order valence-corrected chi connectivity index (χ0v) is 9.69. The molecule has 96 valence electrons. The van der Waals surface area contributed by atoms with E-state index in [0.717, 1.165) is 5.56 Å². The molecule has 0 bridgehead atoms. The number of carboxylic acid groups (broad SMARTS) is 1. The van der Waals surface area contributed by atoms with Gasteiger partial charge in [-0.2, -0.15) is 10.1 Å². The second-order valence-corrected chi connectivity index (χ2v) is 4.08. The number of allylic oxidation sites excluding steroid dienone is 1. The molecule has 3 rings (SSSR count). The monoisotopic (exact) mass is 258 g/mol. The molecule has 1 aliphatic heterocycles. The number of carboxylic acids is 1. The summed E-state index contributed by atoms with van der Waals surface area (Å²) in [5.41, 5.74) is 0.864. The van der Waals surface area contributed by atoms with E-state index in [1.54, 1.807) is 35.0 Å². The number of aromatic hydroxyl groups is 1. The molecule has 0 amide bonds. The Hall–Kier alpha value is -2.83. The fourth-order valence-corrected chi connectivity index (χ4v) is 1.97. The van der Waals surface area contributed by atoms with Crippen LogP contribution in [0.5, 0.6) is 5.75 Å². The molecule has 1 aromatic carbocycles. The summed E-state index contributed by atoms with van der Waals surface area (Å²) in [6.07, 6.45) is 2.91. The molecule has 7 heteroatoms. The molecule has 3 N–H and O–H groups in total. The minimum Gasteiger partial charge on any atom is -0.508 e. The quantitative estimate of drug-likeness (QED) is 0.742. The van der Waals surface area contributed by atoms with E-state index in [9.17, 15) is 9.90 Å². The van der Waals surface area contributed by atoms with Crippen molar-refractivity contribution in [1.82, 2.24) is 14.8 Å². The minimum atomic E-state index is -1.06. The number of aliphatic carboxylic acids is 1. The molecule has 2 aromatic rings. The molecule has 2 heterocycles. The highest BCUT2D eigenvalue weighted by molar-refractivity contribution is 5.90. The molecular formula is C12H10N4O3. The SMILES string of the molecule is O=C(O)C1=C[C@H](c2ccc(O)cc2)n2ncnc2N1. The third kappa shape index (κ3) is 1.90. The molecule has 0 saturated carbocycles. The Kier molecular flexibility index (Phi) is 2.45. The van der Waals surface area contributed by atoms with Crippen molar-refractivity contribution in [2.75, 3.05) is 5.32 Å². The molecule has 19 heavy (non-hydrogen) atoms. The molecule has 1 atom stereocenters. The molecule has 0 saturated heterocycles. The lowest BCUT2D eigenvalue weighted by atomic mass is 10.0. The zero-order chi connectivity index (χ0) is 13.4. The third-order valence-corrected chi connectivity index (χ3v) is 2.87. The number of benzene rings is 1. The molecule has 0 unspecified atom stereocenters. The summed E-state index contributed by atoms with van der Waals surface area (Å²) in [4.78, 5) is 15.1. The second-order valence-electron chi connectivity index (χ2n) is 4.08. The van der Waals surface area contributed by atoms with Crippen LogP contribution in [-0.2, 0) is 4.79 Å². The average molecular weight is 258 g/mol. The van der Waals surface area contributed by atoms with Gasteiger partial charge in [0.05, 0.1) is 0 Å². The standard InChI is InChI=1S/C12H10N4O3/c17-8-3-1-7(2-4-8)10-5-9(11(18)19)15-12-13-6-14-16(10)12/h1-6,10,17H,(H,18,19)(H,13,14,15)/t10-/m1/s1. The highest BCUT2D eigenvalue weighted by atomic mass is 16.4. The van der Waals surface area contributed by atoms with Crippen LogP contribution in [0.3, 0.4) is 0 Å². The summed E-state index contributed by atoms with van der Waals surface area (Å²) in [6.45, 7) is 0. The molecular weight excluding hydrogens is 248 g/mol. The van der Waals surface area contributed by atoms with Crippen LogP contribution in [0.4, 0.5) is 5.95 Å². The summed E-state index contributed by atoms with van der Waals surface area (Å²) < 4.78 is 1.58. The van der Waals surface area contributed by atoms with E-state index >= 15 is 0 Å². The number of rotatable bonds is 2. The zero-order valence-electron chi connectivity index (χ0n) is 9.69. The van der Waals surface area contributed by atoms with E-state index in [4.69, 9.17) is 5.11 Å². The Morgan fingerprint density at radius 1 is 1.32 bits per heavy atom. The normalized spacial score (nSPS) is 17.3. The maximum atomic E-state index is 11.1. The number of aromatic nitrogens is 3. The van der Waals surface area contributed by atoms with E-state index in [1.807, 2.05) is 0 Å². The van der Waals surface area contributed by atoms with Crippen molar-refractivity contribution in [3.05, 3.63) is 47.9 Å². The molecule has 1 aromatic heterocycles. The smallest absolute Gasteiger partial charge is 0.352 e. The number of hydrogen-bond donors (Lipinski definition) is 3. The van der Waals surface area contributed by atoms with Crippen LogP contribution < -0.4 is 5.32 Å². The lowest BCUT2D eigenvalue weighted by Crippen LogP contribution is -2.24. The summed E-state index contributed by atoms with van der Waals surface area (Å²) in [7, 11) is 0. The number of phenolic OH excluding ortho intramolecular Hbond substituents is 1. The maximum Gasteiger partial charge on any atom is 0.352 e. The first-order chi connectivity index (χ1) is 9.15. The van der Waals surface area contributed by atoms with Gasteiger partial charge in [0.15, 0.2) is 0 Å². The Bertz CT molecular complexity index is 660. The summed E-state index contributed by atoms with van der Waals surface area (Å²) in [5.74, 6) is -0.532. The van der Waals surface area contributed by atoms with Gasteiger partial charge in [0.25, 0.3) is 0 Å². The van der Waals surface area contributed by atoms with E-state index in [0.29, 0.717) is 5.95 Å². The fourth-order valence-electron chi connectivity index (χ4n) is 1.97. The highest BCUT2D eigenvalue weighted by Crippen LogP contribution is 2.28. The van der Waals surface area contributed by atoms with Crippen LogP contribution in [-0.4, -0.2) is 30.9 Å². The van der Waals surface area contributed by atoms with Gasteiger partial charge in [-0.05, 0) is 23.8 Å². The number of phenols is 1. The number of anilines is 1. The molecule has 0 radical (unpaired) electrons. The first-order valence-electron chi connectivity index (χ1n) is 5.56. The molecule has 0 spiro atoms. The Morgan fingerprint density at radius 3 is 2.74 bits per heavy atom. The van der Waals surface area contributed by atoms with Gasteiger partial charge in [0, 0.05) is 0 Å². The van der Waals surface area contributed by atoms with Gasteiger partial charge in [-0.1, -0.05) is 12.1 Å².